The molecule has 2 heterocycles. The summed E-state index contributed by atoms with van der Waals surface area (Å²) in [7, 11) is 0. The van der Waals surface area contributed by atoms with Crippen LogP contribution < -0.4 is 9.47 Å². The van der Waals surface area contributed by atoms with Crippen LogP contribution >= 0.6 is 11.6 Å². The number of nitrogens with zero attached hydrogens (tertiary/aromatic N) is 3. The second kappa shape index (κ2) is 5.34. The van der Waals surface area contributed by atoms with E-state index in [-0.39, 0.29) is 6.79 Å². The standard InChI is InChI=1S/C17H10ClN3O2/c18-13-3-1-2-4-14(13)21-15(8-12(9-19)20-21)11-5-6-16-17(7-11)23-10-22-16/h1-8H,10H2. The minimum Gasteiger partial charge on any atom is -0.454 e. The molecule has 5 nitrogen and oxygen atoms in total. The highest BCUT2D eigenvalue weighted by Crippen LogP contribution is 2.37. The Morgan fingerprint density at radius 1 is 1.09 bits per heavy atom. The summed E-state index contributed by atoms with van der Waals surface area (Å²) in [5.41, 5.74) is 2.65. The van der Waals surface area contributed by atoms with Crippen molar-refractivity contribution in [1.29, 1.82) is 5.26 Å². The minimum absolute atomic E-state index is 0.214. The molecule has 0 spiro atoms. The molecule has 1 aliphatic rings. The molecule has 23 heavy (non-hydrogen) atoms. The van der Waals surface area contributed by atoms with Crippen LogP contribution in [0, 0.1) is 11.3 Å². The normalized spacial score (nSPS) is 12.2. The lowest BCUT2D eigenvalue weighted by molar-refractivity contribution is 0.174. The zero-order valence-electron chi connectivity index (χ0n) is 11.9. The minimum atomic E-state index is 0.214. The van der Waals surface area contributed by atoms with Gasteiger partial charge in [-0.15, -0.1) is 0 Å². The van der Waals surface area contributed by atoms with Crippen LogP contribution in [-0.2, 0) is 0 Å². The van der Waals surface area contributed by atoms with Crippen molar-refractivity contribution in [3.8, 4) is 34.5 Å². The summed E-state index contributed by atoms with van der Waals surface area (Å²) in [6, 6.07) is 16.8. The Labute approximate surface area is 137 Å². The van der Waals surface area contributed by atoms with Crippen LogP contribution in [0.1, 0.15) is 5.69 Å². The summed E-state index contributed by atoms with van der Waals surface area (Å²) < 4.78 is 12.4. The molecule has 0 bridgehead atoms. The van der Waals surface area contributed by atoms with E-state index in [0.29, 0.717) is 27.9 Å². The lowest BCUT2D eigenvalue weighted by Gasteiger charge is -2.09. The highest BCUT2D eigenvalue weighted by molar-refractivity contribution is 6.32. The third-order valence-electron chi connectivity index (χ3n) is 3.57. The molecule has 0 amide bonds. The van der Waals surface area contributed by atoms with Crippen molar-refractivity contribution in [2.24, 2.45) is 0 Å². The van der Waals surface area contributed by atoms with Gasteiger partial charge in [0.2, 0.25) is 6.79 Å². The summed E-state index contributed by atoms with van der Waals surface area (Å²) in [6.45, 7) is 0.214. The third kappa shape index (κ3) is 2.30. The van der Waals surface area contributed by atoms with Crippen molar-refractivity contribution in [3.05, 3.63) is 59.2 Å². The van der Waals surface area contributed by atoms with Gasteiger partial charge in [-0.2, -0.15) is 10.4 Å². The van der Waals surface area contributed by atoms with E-state index in [0.717, 1.165) is 11.3 Å². The molecule has 0 aliphatic carbocycles. The molecule has 0 saturated carbocycles. The highest BCUT2D eigenvalue weighted by Gasteiger charge is 2.18. The number of rotatable bonds is 2. The van der Waals surface area contributed by atoms with E-state index in [1.165, 1.54) is 0 Å². The first-order valence-corrected chi connectivity index (χ1v) is 7.29. The molecule has 0 radical (unpaired) electrons. The number of hydrogen-bond acceptors (Lipinski definition) is 4. The summed E-state index contributed by atoms with van der Waals surface area (Å²) in [5.74, 6) is 1.38. The number of aromatic nitrogens is 2. The average Bonchev–Trinajstić information content (AvgIpc) is 3.21. The Balaban J connectivity index is 1.91. The van der Waals surface area contributed by atoms with Gasteiger partial charge in [0.25, 0.3) is 0 Å². The second-order valence-corrected chi connectivity index (χ2v) is 5.37. The fourth-order valence-corrected chi connectivity index (χ4v) is 2.72. The average molecular weight is 324 g/mol. The third-order valence-corrected chi connectivity index (χ3v) is 3.89. The van der Waals surface area contributed by atoms with Crippen molar-refractivity contribution in [2.45, 2.75) is 0 Å². The number of hydrogen-bond donors (Lipinski definition) is 0. The molecule has 3 aromatic rings. The van der Waals surface area contributed by atoms with Gasteiger partial charge in [0.15, 0.2) is 17.2 Å². The quantitative estimate of drug-likeness (QED) is 0.720. The first-order chi connectivity index (χ1) is 11.3. The number of fused-ring (bicyclic) bond motifs is 1. The van der Waals surface area contributed by atoms with Gasteiger partial charge in [-0.1, -0.05) is 23.7 Å². The zero-order valence-corrected chi connectivity index (χ0v) is 12.6. The zero-order chi connectivity index (χ0) is 15.8. The first-order valence-electron chi connectivity index (χ1n) is 6.91. The monoisotopic (exact) mass is 323 g/mol. The van der Waals surface area contributed by atoms with E-state index in [4.69, 9.17) is 21.1 Å². The summed E-state index contributed by atoms with van der Waals surface area (Å²) in [6.07, 6.45) is 0. The largest absolute Gasteiger partial charge is 0.454 e. The molecule has 1 aliphatic heterocycles. The molecular weight excluding hydrogens is 314 g/mol. The van der Waals surface area contributed by atoms with Gasteiger partial charge in [-0.25, -0.2) is 4.68 Å². The first kappa shape index (κ1) is 13.7. The molecule has 2 aromatic carbocycles. The molecule has 112 valence electrons. The van der Waals surface area contributed by atoms with Gasteiger partial charge < -0.3 is 9.47 Å². The van der Waals surface area contributed by atoms with Crippen LogP contribution in [0.2, 0.25) is 5.02 Å². The van der Waals surface area contributed by atoms with Gasteiger partial charge >= 0.3 is 0 Å². The molecule has 0 unspecified atom stereocenters. The number of halogens is 1. The molecule has 0 saturated heterocycles. The van der Waals surface area contributed by atoms with E-state index in [1.807, 2.05) is 36.4 Å². The Hall–Kier alpha value is -2.97. The van der Waals surface area contributed by atoms with Gasteiger partial charge in [0.05, 0.1) is 16.4 Å². The Morgan fingerprint density at radius 3 is 2.74 bits per heavy atom. The molecular formula is C17H10ClN3O2. The number of ether oxygens (including phenoxy) is 2. The predicted octanol–water partition coefficient (Wildman–Crippen LogP) is 3.79. The van der Waals surface area contributed by atoms with Crippen molar-refractivity contribution in [1.82, 2.24) is 9.78 Å². The van der Waals surface area contributed by atoms with Crippen molar-refractivity contribution in [2.75, 3.05) is 6.79 Å². The number of benzene rings is 2. The number of para-hydroxylation sites is 1. The SMILES string of the molecule is N#Cc1cc(-c2ccc3c(c2)OCO3)n(-c2ccccc2Cl)n1. The highest BCUT2D eigenvalue weighted by atomic mass is 35.5. The van der Waals surface area contributed by atoms with Gasteiger partial charge in [0, 0.05) is 11.6 Å². The fourth-order valence-electron chi connectivity index (χ4n) is 2.50. The summed E-state index contributed by atoms with van der Waals surface area (Å²) in [4.78, 5) is 0. The van der Waals surface area contributed by atoms with Crippen molar-refractivity contribution in [3.63, 3.8) is 0 Å². The molecule has 1 aromatic heterocycles. The molecule has 0 N–H and O–H groups in total. The van der Waals surface area contributed by atoms with Crippen LogP contribution in [0.15, 0.2) is 48.5 Å². The van der Waals surface area contributed by atoms with E-state index in [1.54, 1.807) is 16.8 Å². The lowest BCUT2D eigenvalue weighted by atomic mass is 10.1. The Bertz CT molecular complexity index is 943. The van der Waals surface area contributed by atoms with Gasteiger partial charge in [-0.3, -0.25) is 0 Å². The topological polar surface area (TPSA) is 60.1 Å². The Morgan fingerprint density at radius 2 is 1.91 bits per heavy atom. The fraction of sp³-hybridized carbons (Fsp3) is 0.0588. The smallest absolute Gasteiger partial charge is 0.231 e. The van der Waals surface area contributed by atoms with E-state index >= 15 is 0 Å². The van der Waals surface area contributed by atoms with Crippen LogP contribution in [0.25, 0.3) is 16.9 Å². The maximum Gasteiger partial charge on any atom is 0.231 e. The summed E-state index contributed by atoms with van der Waals surface area (Å²) in [5, 5.41) is 14.1. The van der Waals surface area contributed by atoms with Crippen molar-refractivity contribution < 1.29 is 9.47 Å². The predicted molar refractivity (Wildman–Crippen MR) is 84.8 cm³/mol. The van der Waals surface area contributed by atoms with Gasteiger partial charge in [-0.05, 0) is 30.3 Å². The van der Waals surface area contributed by atoms with Gasteiger partial charge in [0.1, 0.15) is 6.07 Å². The van der Waals surface area contributed by atoms with Crippen molar-refractivity contribution >= 4 is 11.6 Å². The van der Waals surface area contributed by atoms with E-state index in [9.17, 15) is 5.26 Å². The van der Waals surface area contributed by atoms with Crippen LogP contribution in [0.5, 0.6) is 11.5 Å². The molecule has 6 heteroatoms. The molecule has 4 rings (SSSR count). The Kier molecular flexibility index (Phi) is 3.18. The number of nitriles is 1. The van der Waals surface area contributed by atoms with Crippen LogP contribution in [0.4, 0.5) is 0 Å². The lowest BCUT2D eigenvalue weighted by Crippen LogP contribution is -2.00. The maximum absolute atomic E-state index is 9.19. The van der Waals surface area contributed by atoms with Crippen LogP contribution in [-0.4, -0.2) is 16.6 Å². The second-order valence-electron chi connectivity index (χ2n) is 4.96. The maximum atomic E-state index is 9.19. The van der Waals surface area contributed by atoms with E-state index in [2.05, 4.69) is 11.2 Å². The summed E-state index contributed by atoms with van der Waals surface area (Å²) >= 11 is 6.28. The molecule has 0 fully saturated rings. The van der Waals surface area contributed by atoms with Crippen LogP contribution in [0.3, 0.4) is 0 Å². The van der Waals surface area contributed by atoms with E-state index < -0.39 is 0 Å². The molecule has 0 atom stereocenters.